The van der Waals surface area contributed by atoms with Crippen LogP contribution in [0.3, 0.4) is 0 Å². The van der Waals surface area contributed by atoms with Gasteiger partial charge < -0.3 is 0 Å². The molecular formula is C24H24INO2S. The standard InChI is InChI=1S/C24H24INO2S/c1-20-14-16-23(17-15-20)29(27,28)26(18-8-11-21-9-4-2-5-10-21)24(19-25)22-12-6-3-7-13-22/h2-17,24H,18-19H2,1H3/b11-8+. The molecule has 0 heterocycles. The van der Waals surface area contributed by atoms with Crippen molar-refractivity contribution in [2.24, 2.45) is 0 Å². The molecule has 0 aliphatic rings. The number of sulfonamides is 1. The van der Waals surface area contributed by atoms with Gasteiger partial charge in [0, 0.05) is 11.0 Å². The lowest BCUT2D eigenvalue weighted by atomic mass is 10.1. The first kappa shape index (κ1) is 21.7. The first-order chi connectivity index (χ1) is 14.0. The van der Waals surface area contributed by atoms with Crippen molar-refractivity contribution < 1.29 is 8.42 Å². The van der Waals surface area contributed by atoms with Crippen LogP contribution in [0.2, 0.25) is 0 Å². The van der Waals surface area contributed by atoms with Gasteiger partial charge in [0.15, 0.2) is 0 Å². The molecule has 0 radical (unpaired) electrons. The fourth-order valence-corrected chi connectivity index (χ4v) is 5.92. The molecule has 5 heteroatoms. The van der Waals surface area contributed by atoms with Gasteiger partial charge in [-0.2, -0.15) is 4.31 Å². The molecule has 0 spiro atoms. The van der Waals surface area contributed by atoms with Crippen molar-refractivity contribution in [2.75, 3.05) is 11.0 Å². The predicted molar refractivity (Wildman–Crippen MR) is 129 cm³/mol. The fourth-order valence-electron chi connectivity index (χ4n) is 3.10. The molecule has 0 aliphatic carbocycles. The Hall–Kier alpha value is -1.96. The highest BCUT2D eigenvalue weighted by atomic mass is 127. The lowest BCUT2D eigenvalue weighted by Gasteiger charge is -2.29. The summed E-state index contributed by atoms with van der Waals surface area (Å²) in [5.41, 5.74) is 3.07. The average Bonchev–Trinajstić information content (AvgIpc) is 2.75. The second kappa shape index (κ2) is 10.2. The van der Waals surface area contributed by atoms with E-state index in [9.17, 15) is 8.42 Å². The molecule has 1 atom stereocenters. The number of hydrogen-bond acceptors (Lipinski definition) is 2. The van der Waals surface area contributed by atoms with Crippen LogP contribution in [0.4, 0.5) is 0 Å². The molecule has 3 rings (SSSR count). The molecular weight excluding hydrogens is 493 g/mol. The van der Waals surface area contributed by atoms with E-state index < -0.39 is 10.0 Å². The van der Waals surface area contributed by atoms with Gasteiger partial charge in [-0.25, -0.2) is 8.42 Å². The molecule has 0 saturated heterocycles. The minimum Gasteiger partial charge on any atom is -0.207 e. The van der Waals surface area contributed by atoms with Crippen molar-refractivity contribution >= 4 is 38.7 Å². The van der Waals surface area contributed by atoms with Gasteiger partial charge in [0.05, 0.1) is 10.9 Å². The predicted octanol–water partition coefficient (Wildman–Crippen LogP) is 5.88. The Morgan fingerprint density at radius 3 is 2.07 bits per heavy atom. The molecule has 0 N–H and O–H groups in total. The Labute approximate surface area is 187 Å². The topological polar surface area (TPSA) is 37.4 Å². The van der Waals surface area contributed by atoms with E-state index in [1.807, 2.05) is 91.9 Å². The summed E-state index contributed by atoms with van der Waals surface area (Å²) in [6.45, 7) is 2.25. The first-order valence-electron chi connectivity index (χ1n) is 9.43. The Kier molecular flexibility index (Phi) is 7.64. The van der Waals surface area contributed by atoms with E-state index in [4.69, 9.17) is 0 Å². The normalized spacial score (nSPS) is 13.1. The van der Waals surface area contributed by atoms with Crippen molar-refractivity contribution in [2.45, 2.75) is 17.9 Å². The van der Waals surface area contributed by atoms with Gasteiger partial charge in [-0.15, -0.1) is 0 Å². The van der Waals surface area contributed by atoms with E-state index in [0.29, 0.717) is 15.9 Å². The molecule has 3 aromatic rings. The van der Waals surface area contributed by atoms with Crippen LogP contribution in [0.1, 0.15) is 22.7 Å². The minimum atomic E-state index is -3.65. The van der Waals surface area contributed by atoms with Crippen LogP contribution in [-0.2, 0) is 10.0 Å². The van der Waals surface area contributed by atoms with Crippen LogP contribution in [0, 0.1) is 6.92 Å². The van der Waals surface area contributed by atoms with Crippen LogP contribution < -0.4 is 0 Å². The van der Waals surface area contributed by atoms with E-state index in [-0.39, 0.29) is 6.04 Å². The Balaban J connectivity index is 1.98. The van der Waals surface area contributed by atoms with Gasteiger partial charge in [-0.1, -0.05) is 113 Å². The summed E-state index contributed by atoms with van der Waals surface area (Å²) < 4.78 is 29.4. The Morgan fingerprint density at radius 1 is 0.897 bits per heavy atom. The molecule has 0 saturated carbocycles. The van der Waals surface area contributed by atoms with Gasteiger partial charge in [-0.3, -0.25) is 0 Å². The lowest BCUT2D eigenvalue weighted by Crippen LogP contribution is -2.36. The molecule has 29 heavy (non-hydrogen) atoms. The van der Waals surface area contributed by atoms with Crippen LogP contribution in [0.15, 0.2) is 95.9 Å². The summed E-state index contributed by atoms with van der Waals surface area (Å²) in [5, 5.41) is 0. The smallest absolute Gasteiger partial charge is 0.207 e. The molecule has 1 unspecified atom stereocenters. The van der Waals surface area contributed by atoms with Crippen molar-refractivity contribution in [3.8, 4) is 0 Å². The summed E-state index contributed by atoms with van der Waals surface area (Å²) in [4.78, 5) is 0.321. The highest BCUT2D eigenvalue weighted by Crippen LogP contribution is 2.29. The van der Waals surface area contributed by atoms with E-state index in [1.54, 1.807) is 16.4 Å². The molecule has 3 aromatic carbocycles. The van der Waals surface area contributed by atoms with Gasteiger partial charge in [0.2, 0.25) is 10.0 Å². The van der Waals surface area contributed by atoms with Gasteiger partial charge in [0.25, 0.3) is 0 Å². The van der Waals surface area contributed by atoms with Crippen molar-refractivity contribution in [1.29, 1.82) is 0 Å². The van der Waals surface area contributed by atoms with E-state index in [1.165, 1.54) is 0 Å². The molecule has 3 nitrogen and oxygen atoms in total. The Morgan fingerprint density at radius 2 is 1.48 bits per heavy atom. The van der Waals surface area contributed by atoms with E-state index in [2.05, 4.69) is 22.6 Å². The van der Waals surface area contributed by atoms with E-state index in [0.717, 1.165) is 16.7 Å². The zero-order valence-corrected chi connectivity index (χ0v) is 19.3. The van der Waals surface area contributed by atoms with Gasteiger partial charge in [0.1, 0.15) is 0 Å². The van der Waals surface area contributed by atoms with Crippen LogP contribution >= 0.6 is 22.6 Å². The second-order valence-electron chi connectivity index (χ2n) is 6.78. The van der Waals surface area contributed by atoms with Crippen LogP contribution in [0.25, 0.3) is 6.08 Å². The van der Waals surface area contributed by atoms with Crippen molar-refractivity contribution in [3.63, 3.8) is 0 Å². The zero-order valence-electron chi connectivity index (χ0n) is 16.3. The number of halogens is 1. The summed E-state index contributed by atoms with van der Waals surface area (Å²) >= 11 is 2.27. The number of alkyl halides is 1. The number of nitrogens with zero attached hydrogens (tertiary/aromatic N) is 1. The Bertz CT molecular complexity index is 1030. The quantitative estimate of drug-likeness (QED) is 0.277. The molecule has 0 aliphatic heterocycles. The zero-order chi connectivity index (χ0) is 20.7. The van der Waals surface area contributed by atoms with Crippen LogP contribution in [-0.4, -0.2) is 23.7 Å². The highest BCUT2D eigenvalue weighted by molar-refractivity contribution is 14.1. The largest absolute Gasteiger partial charge is 0.243 e. The number of aryl methyl sites for hydroxylation is 1. The SMILES string of the molecule is Cc1ccc(S(=O)(=O)N(C/C=C/c2ccccc2)C(CI)c2ccccc2)cc1. The third-order valence-corrected chi connectivity index (χ3v) is 7.42. The molecule has 0 bridgehead atoms. The summed E-state index contributed by atoms with van der Waals surface area (Å²) in [6, 6.07) is 26.5. The number of benzene rings is 3. The maximum Gasteiger partial charge on any atom is 0.243 e. The third kappa shape index (κ3) is 5.56. The number of hydrogen-bond donors (Lipinski definition) is 0. The maximum absolute atomic E-state index is 13.5. The summed E-state index contributed by atoms with van der Waals surface area (Å²) in [6.07, 6.45) is 3.89. The molecule has 150 valence electrons. The third-order valence-electron chi connectivity index (χ3n) is 4.70. The first-order valence-corrected chi connectivity index (χ1v) is 12.4. The lowest BCUT2D eigenvalue weighted by molar-refractivity contribution is 0.378. The van der Waals surface area contributed by atoms with Gasteiger partial charge >= 0.3 is 0 Å². The molecule has 0 amide bonds. The monoisotopic (exact) mass is 517 g/mol. The fraction of sp³-hybridized carbons (Fsp3) is 0.167. The highest BCUT2D eigenvalue weighted by Gasteiger charge is 2.31. The maximum atomic E-state index is 13.5. The van der Waals surface area contributed by atoms with Crippen LogP contribution in [0.5, 0.6) is 0 Å². The van der Waals surface area contributed by atoms with Crippen molar-refractivity contribution in [1.82, 2.24) is 4.31 Å². The summed E-state index contributed by atoms with van der Waals surface area (Å²) in [5.74, 6) is 0. The molecule has 0 aromatic heterocycles. The van der Waals surface area contributed by atoms with Gasteiger partial charge in [-0.05, 0) is 30.2 Å². The second-order valence-corrected chi connectivity index (χ2v) is 9.55. The minimum absolute atomic E-state index is 0.247. The van der Waals surface area contributed by atoms with E-state index >= 15 is 0 Å². The summed E-state index contributed by atoms with van der Waals surface area (Å²) in [7, 11) is -3.65. The van der Waals surface area contributed by atoms with Crippen molar-refractivity contribution in [3.05, 3.63) is 108 Å². The average molecular weight is 517 g/mol. The number of rotatable bonds is 8. The molecule has 0 fully saturated rings.